The van der Waals surface area contributed by atoms with Gasteiger partial charge in [0.25, 0.3) is 0 Å². The first kappa shape index (κ1) is 34.6. The number of ether oxygens (including phenoxy) is 2. The van der Waals surface area contributed by atoms with E-state index in [0.29, 0.717) is 19.6 Å². The van der Waals surface area contributed by atoms with E-state index < -0.39 is 41.7 Å². The largest absolute Gasteiger partial charge is 0.508 e. The first-order valence-electron chi connectivity index (χ1n) is 14.4. The number of rotatable bonds is 15. The zero-order valence-corrected chi connectivity index (χ0v) is 25.6. The van der Waals surface area contributed by atoms with E-state index in [1.807, 2.05) is 44.2 Å². The third kappa shape index (κ3) is 12.5. The Kier molecular flexibility index (Phi) is 13.8. The van der Waals surface area contributed by atoms with Crippen LogP contribution < -0.4 is 16.0 Å². The van der Waals surface area contributed by atoms with Crippen LogP contribution in [0.4, 0.5) is 4.79 Å². The maximum absolute atomic E-state index is 13.7. The van der Waals surface area contributed by atoms with Gasteiger partial charge in [-0.15, -0.1) is 0 Å². The molecule has 0 aliphatic rings. The van der Waals surface area contributed by atoms with Gasteiger partial charge in [0, 0.05) is 19.6 Å². The number of methoxy groups -OCH3 is 1. The highest BCUT2D eigenvalue weighted by molar-refractivity contribution is 5.88. The molecule has 0 spiro atoms. The van der Waals surface area contributed by atoms with Gasteiger partial charge in [-0.2, -0.15) is 0 Å². The number of phenolic OH excluding ortho intramolecular Hbond substituents is 1. The third-order valence-corrected chi connectivity index (χ3v) is 6.63. The summed E-state index contributed by atoms with van der Waals surface area (Å²) in [6, 6.07) is 14.3. The van der Waals surface area contributed by atoms with Crippen molar-refractivity contribution >= 4 is 17.9 Å². The van der Waals surface area contributed by atoms with Crippen LogP contribution in [0.5, 0.6) is 5.75 Å². The quantitative estimate of drug-likeness (QED) is 0.202. The van der Waals surface area contributed by atoms with E-state index in [9.17, 15) is 24.6 Å². The molecule has 3 amide bonds. The number of aliphatic hydroxyl groups excluding tert-OH is 1. The molecule has 42 heavy (non-hydrogen) atoms. The number of hydrogen-bond donors (Lipinski definition) is 5. The fourth-order valence-electron chi connectivity index (χ4n) is 4.46. The van der Waals surface area contributed by atoms with Gasteiger partial charge >= 0.3 is 6.09 Å². The van der Waals surface area contributed by atoms with Crippen LogP contribution in [-0.2, 0) is 31.9 Å². The average Bonchev–Trinajstić information content (AvgIpc) is 2.91. The summed E-state index contributed by atoms with van der Waals surface area (Å²) in [5, 5.41) is 29.6. The topological polar surface area (TPSA) is 146 Å². The first-order valence-corrected chi connectivity index (χ1v) is 14.4. The molecule has 0 fully saturated rings. The standard InChI is InChI=1S/C32H47N3O7/c1-21(2)28(30(39)33-16-17-41-6)35-29(38)24(18-23-12-14-25(36)15-13-23)20-27(37)26(19-22-10-8-7-9-11-22)34-31(40)42-32(3,4)5/h7-15,21,24,26-28,36-37H,16-20H2,1-6H3,(H,33,39)(H,34,40)(H,35,38). The number of alkyl carbamates (subject to hydrolysis) is 1. The Bertz CT molecular complexity index is 1120. The van der Waals surface area contributed by atoms with Gasteiger partial charge in [-0.25, -0.2) is 4.79 Å². The summed E-state index contributed by atoms with van der Waals surface area (Å²) in [6.45, 7) is 9.59. The Morgan fingerprint density at radius 3 is 2.07 bits per heavy atom. The van der Waals surface area contributed by atoms with Crippen LogP contribution in [0.25, 0.3) is 0 Å². The SMILES string of the molecule is COCCNC(=O)C(NC(=O)C(Cc1ccc(O)cc1)CC(O)C(Cc1ccccc1)NC(=O)OC(C)(C)C)C(C)C. The highest BCUT2D eigenvalue weighted by Crippen LogP contribution is 2.21. The minimum Gasteiger partial charge on any atom is -0.508 e. The number of aromatic hydroxyl groups is 1. The fourth-order valence-corrected chi connectivity index (χ4v) is 4.46. The molecule has 0 aliphatic carbocycles. The lowest BCUT2D eigenvalue weighted by Crippen LogP contribution is -2.53. The molecule has 2 aromatic rings. The summed E-state index contributed by atoms with van der Waals surface area (Å²) in [7, 11) is 1.54. The molecule has 0 saturated heterocycles. The average molecular weight is 586 g/mol. The summed E-state index contributed by atoms with van der Waals surface area (Å²) in [4.78, 5) is 39.3. The highest BCUT2D eigenvalue weighted by Gasteiger charge is 2.32. The Hall–Kier alpha value is -3.63. The Labute approximate surface area is 249 Å². The highest BCUT2D eigenvalue weighted by atomic mass is 16.6. The lowest BCUT2D eigenvalue weighted by atomic mass is 9.88. The van der Waals surface area contributed by atoms with Gasteiger partial charge in [-0.1, -0.05) is 56.3 Å². The van der Waals surface area contributed by atoms with Gasteiger partial charge in [0.1, 0.15) is 17.4 Å². The summed E-state index contributed by atoms with van der Waals surface area (Å²) in [6.07, 6.45) is -1.25. The van der Waals surface area contributed by atoms with E-state index in [1.165, 1.54) is 19.2 Å². The zero-order chi connectivity index (χ0) is 31.3. The molecule has 10 heteroatoms. The predicted octanol–water partition coefficient (Wildman–Crippen LogP) is 3.34. The number of amides is 3. The monoisotopic (exact) mass is 585 g/mol. The van der Waals surface area contributed by atoms with Gasteiger partial charge in [0.15, 0.2) is 0 Å². The van der Waals surface area contributed by atoms with Crippen LogP contribution in [-0.4, -0.2) is 72.2 Å². The molecule has 2 rings (SSSR count). The molecule has 4 unspecified atom stereocenters. The molecule has 0 aliphatic heterocycles. The van der Waals surface area contributed by atoms with Crippen molar-refractivity contribution in [2.24, 2.45) is 11.8 Å². The van der Waals surface area contributed by atoms with E-state index in [1.54, 1.807) is 32.9 Å². The number of carbonyl (C=O) groups excluding carboxylic acids is 3. The second-order valence-corrected chi connectivity index (χ2v) is 11.8. The second-order valence-electron chi connectivity index (χ2n) is 11.8. The molecule has 4 atom stereocenters. The zero-order valence-electron chi connectivity index (χ0n) is 25.6. The Balaban J connectivity index is 2.31. The lowest BCUT2D eigenvalue weighted by Gasteiger charge is -2.30. The van der Waals surface area contributed by atoms with E-state index in [4.69, 9.17) is 9.47 Å². The normalized spacial score (nSPS) is 14.4. The number of benzene rings is 2. The summed E-state index contributed by atoms with van der Waals surface area (Å²) < 4.78 is 10.4. The van der Waals surface area contributed by atoms with Gasteiger partial charge in [0.05, 0.1) is 18.8 Å². The minimum absolute atomic E-state index is 0.00385. The number of nitrogens with one attached hydrogen (secondary N) is 3. The lowest BCUT2D eigenvalue weighted by molar-refractivity contribution is -0.132. The maximum atomic E-state index is 13.7. The van der Waals surface area contributed by atoms with Gasteiger partial charge < -0.3 is 35.6 Å². The maximum Gasteiger partial charge on any atom is 0.407 e. The molecule has 0 saturated carbocycles. The third-order valence-electron chi connectivity index (χ3n) is 6.63. The number of phenols is 1. The van der Waals surface area contributed by atoms with Crippen molar-refractivity contribution in [1.82, 2.24) is 16.0 Å². The first-order chi connectivity index (χ1) is 19.8. The predicted molar refractivity (Wildman–Crippen MR) is 161 cm³/mol. The molecule has 0 bridgehead atoms. The molecular formula is C32H47N3O7. The van der Waals surface area contributed by atoms with Crippen LogP contribution in [0.1, 0.15) is 52.2 Å². The molecule has 0 heterocycles. The molecule has 0 radical (unpaired) electrons. The number of carbonyl (C=O) groups is 3. The van der Waals surface area contributed by atoms with Crippen LogP contribution in [0.15, 0.2) is 54.6 Å². The molecular weight excluding hydrogens is 538 g/mol. The van der Waals surface area contributed by atoms with Crippen molar-refractivity contribution in [2.75, 3.05) is 20.3 Å². The minimum atomic E-state index is -1.13. The van der Waals surface area contributed by atoms with Crippen molar-refractivity contribution in [2.45, 2.75) is 77.7 Å². The van der Waals surface area contributed by atoms with E-state index in [-0.39, 0.29) is 30.4 Å². The summed E-state index contributed by atoms with van der Waals surface area (Å²) >= 11 is 0. The van der Waals surface area contributed by atoms with Crippen molar-refractivity contribution < 1.29 is 34.1 Å². The van der Waals surface area contributed by atoms with Crippen molar-refractivity contribution in [1.29, 1.82) is 0 Å². The van der Waals surface area contributed by atoms with Gasteiger partial charge in [0.2, 0.25) is 11.8 Å². The van der Waals surface area contributed by atoms with Gasteiger partial charge in [-0.05, 0) is 69.2 Å². The van der Waals surface area contributed by atoms with Crippen molar-refractivity contribution in [3.63, 3.8) is 0 Å². The molecule has 2 aromatic carbocycles. The van der Waals surface area contributed by atoms with Crippen LogP contribution in [0, 0.1) is 11.8 Å². The van der Waals surface area contributed by atoms with Crippen molar-refractivity contribution in [3.05, 3.63) is 65.7 Å². The molecule has 232 valence electrons. The van der Waals surface area contributed by atoms with E-state index >= 15 is 0 Å². The van der Waals surface area contributed by atoms with Crippen LogP contribution in [0.3, 0.4) is 0 Å². The molecule has 5 N–H and O–H groups in total. The Morgan fingerprint density at radius 1 is 0.881 bits per heavy atom. The van der Waals surface area contributed by atoms with E-state index in [2.05, 4.69) is 16.0 Å². The number of hydrogen-bond acceptors (Lipinski definition) is 7. The molecule has 10 nitrogen and oxygen atoms in total. The second kappa shape index (κ2) is 16.7. The van der Waals surface area contributed by atoms with Gasteiger partial charge in [-0.3, -0.25) is 9.59 Å². The van der Waals surface area contributed by atoms with Crippen molar-refractivity contribution in [3.8, 4) is 5.75 Å². The summed E-state index contributed by atoms with van der Waals surface area (Å²) in [5.74, 6) is -1.59. The summed E-state index contributed by atoms with van der Waals surface area (Å²) in [5.41, 5.74) is 0.929. The molecule has 0 aromatic heterocycles. The van der Waals surface area contributed by atoms with Crippen LogP contribution in [0.2, 0.25) is 0 Å². The number of aliphatic hydroxyl groups is 1. The van der Waals surface area contributed by atoms with E-state index in [0.717, 1.165) is 11.1 Å². The van der Waals surface area contributed by atoms with Crippen LogP contribution >= 0.6 is 0 Å². The Morgan fingerprint density at radius 2 is 1.50 bits per heavy atom. The smallest absolute Gasteiger partial charge is 0.407 e. The fraction of sp³-hybridized carbons (Fsp3) is 0.531.